The number of carbonyl (C=O) groups excluding carboxylic acids is 2. The number of carbonyl (C=O) groups is 2. The highest BCUT2D eigenvalue weighted by Crippen LogP contribution is 2.39. The van der Waals surface area contributed by atoms with Crippen molar-refractivity contribution in [3.8, 4) is 0 Å². The summed E-state index contributed by atoms with van der Waals surface area (Å²) in [5.41, 5.74) is 2.14. The molecule has 2 aromatic carbocycles. The Labute approximate surface area is 159 Å². The second kappa shape index (κ2) is 7.45. The van der Waals surface area contributed by atoms with Crippen LogP contribution in [0.1, 0.15) is 24.1 Å². The summed E-state index contributed by atoms with van der Waals surface area (Å²) < 4.78 is 6.01. The van der Waals surface area contributed by atoms with E-state index in [1.54, 1.807) is 19.1 Å². The fourth-order valence-electron chi connectivity index (χ4n) is 2.89. The van der Waals surface area contributed by atoms with Gasteiger partial charge in [-0.3, -0.25) is 9.69 Å². The van der Waals surface area contributed by atoms with Gasteiger partial charge in [0, 0.05) is 20.7 Å². The van der Waals surface area contributed by atoms with Crippen LogP contribution in [0, 0.1) is 0 Å². The molecular formula is C18H16BrClN2O3. The summed E-state index contributed by atoms with van der Waals surface area (Å²) >= 11 is 9.86. The van der Waals surface area contributed by atoms with Crippen molar-refractivity contribution < 1.29 is 14.3 Å². The van der Waals surface area contributed by atoms with Crippen LogP contribution in [0.3, 0.4) is 0 Å². The Hall–Kier alpha value is -2.05. The molecule has 0 fully saturated rings. The molecular weight excluding hydrogens is 408 g/mol. The van der Waals surface area contributed by atoms with Gasteiger partial charge in [-0.25, -0.2) is 4.79 Å². The standard InChI is InChI=1S/C18H16BrClN2O3/c1-2-25-18(24)22-10-16(23)21-15-8-7-11(19)9-13(15)17(22)12-5-3-4-6-14(12)20/h3-9,17H,2,10H2,1H3,(H,21,23)/t17-/m1/s1. The second-order valence-electron chi connectivity index (χ2n) is 5.53. The smallest absolute Gasteiger partial charge is 0.411 e. The van der Waals surface area contributed by atoms with Gasteiger partial charge in [-0.2, -0.15) is 0 Å². The van der Waals surface area contributed by atoms with Gasteiger partial charge in [0.05, 0.1) is 12.6 Å². The Morgan fingerprint density at radius 2 is 2.08 bits per heavy atom. The van der Waals surface area contributed by atoms with E-state index in [9.17, 15) is 9.59 Å². The molecule has 1 heterocycles. The van der Waals surface area contributed by atoms with Crippen molar-refractivity contribution in [1.82, 2.24) is 4.90 Å². The number of anilines is 1. The second-order valence-corrected chi connectivity index (χ2v) is 6.85. The predicted octanol–water partition coefficient (Wildman–Crippen LogP) is 4.60. The lowest BCUT2D eigenvalue weighted by Gasteiger charge is -2.30. The summed E-state index contributed by atoms with van der Waals surface area (Å²) in [6.45, 7) is 1.82. The highest BCUT2D eigenvalue weighted by Gasteiger charge is 2.35. The highest BCUT2D eigenvalue weighted by molar-refractivity contribution is 9.10. The SMILES string of the molecule is CCOC(=O)N1CC(=O)Nc2ccc(Br)cc2[C@H]1c1ccccc1Cl. The minimum absolute atomic E-state index is 0.124. The Balaban J connectivity index is 2.22. The maximum absolute atomic E-state index is 12.6. The molecule has 0 spiro atoms. The molecule has 0 saturated heterocycles. The highest BCUT2D eigenvalue weighted by atomic mass is 79.9. The molecule has 2 aromatic rings. The van der Waals surface area contributed by atoms with Crippen molar-refractivity contribution in [3.63, 3.8) is 0 Å². The molecule has 130 valence electrons. The molecule has 1 N–H and O–H groups in total. The maximum atomic E-state index is 12.6. The molecule has 1 aliphatic heterocycles. The number of halogens is 2. The number of nitrogens with zero attached hydrogens (tertiary/aromatic N) is 1. The molecule has 7 heteroatoms. The van der Waals surface area contributed by atoms with E-state index in [1.165, 1.54) is 4.90 Å². The van der Waals surface area contributed by atoms with Crippen LogP contribution in [0.4, 0.5) is 10.5 Å². The van der Waals surface area contributed by atoms with Crippen molar-refractivity contribution in [2.75, 3.05) is 18.5 Å². The fraction of sp³-hybridized carbons (Fsp3) is 0.222. The van der Waals surface area contributed by atoms with Crippen molar-refractivity contribution in [2.45, 2.75) is 13.0 Å². The summed E-state index contributed by atoms with van der Waals surface area (Å²) in [6.07, 6.45) is -0.560. The molecule has 0 unspecified atom stereocenters. The van der Waals surface area contributed by atoms with E-state index in [2.05, 4.69) is 21.2 Å². The Bertz CT molecular complexity index is 828. The van der Waals surface area contributed by atoms with Crippen molar-refractivity contribution in [3.05, 3.63) is 63.1 Å². The molecule has 0 bridgehead atoms. The number of rotatable bonds is 2. The maximum Gasteiger partial charge on any atom is 0.411 e. The number of hydrogen-bond acceptors (Lipinski definition) is 3. The van der Waals surface area contributed by atoms with Crippen molar-refractivity contribution >= 4 is 45.2 Å². The number of nitrogens with one attached hydrogen (secondary N) is 1. The Kier molecular flexibility index (Phi) is 5.30. The van der Waals surface area contributed by atoms with Crippen molar-refractivity contribution in [1.29, 1.82) is 0 Å². The molecule has 0 aliphatic carbocycles. The minimum Gasteiger partial charge on any atom is -0.450 e. The molecule has 0 aromatic heterocycles. The molecule has 3 rings (SSSR count). The van der Waals surface area contributed by atoms with Gasteiger partial charge in [0.2, 0.25) is 5.91 Å². The zero-order valence-electron chi connectivity index (χ0n) is 13.5. The number of amides is 2. The molecule has 2 amide bonds. The molecule has 0 radical (unpaired) electrons. The van der Waals surface area contributed by atoms with Crippen molar-refractivity contribution in [2.24, 2.45) is 0 Å². The predicted molar refractivity (Wildman–Crippen MR) is 99.8 cm³/mol. The van der Waals surface area contributed by atoms with Crippen LogP contribution in [0.15, 0.2) is 46.9 Å². The number of hydrogen-bond donors (Lipinski definition) is 1. The first-order valence-corrected chi connectivity index (χ1v) is 8.95. The number of ether oxygens (including phenoxy) is 1. The van der Waals surface area contributed by atoms with E-state index in [0.717, 1.165) is 15.6 Å². The van der Waals surface area contributed by atoms with Gasteiger partial charge in [0.1, 0.15) is 6.54 Å². The minimum atomic E-state index is -0.560. The topological polar surface area (TPSA) is 58.6 Å². The summed E-state index contributed by atoms with van der Waals surface area (Å²) in [6, 6.07) is 12.3. The van der Waals surface area contributed by atoms with Crippen LogP contribution in [0.2, 0.25) is 5.02 Å². The third-order valence-corrected chi connectivity index (χ3v) is 4.75. The third kappa shape index (κ3) is 3.65. The summed E-state index contributed by atoms with van der Waals surface area (Å²) in [4.78, 5) is 26.3. The normalized spacial score (nSPS) is 16.7. The molecule has 1 aliphatic rings. The van der Waals surface area contributed by atoms with Crippen LogP contribution in [-0.2, 0) is 9.53 Å². The van der Waals surface area contributed by atoms with Gasteiger partial charge in [0.15, 0.2) is 0 Å². The summed E-state index contributed by atoms with van der Waals surface area (Å²) in [5.74, 6) is -0.286. The van der Waals surface area contributed by atoms with Crippen LogP contribution in [-0.4, -0.2) is 30.1 Å². The summed E-state index contributed by atoms with van der Waals surface area (Å²) in [7, 11) is 0. The first-order valence-electron chi connectivity index (χ1n) is 7.78. The van der Waals surface area contributed by atoms with Crippen LogP contribution >= 0.6 is 27.5 Å². The summed E-state index contributed by atoms with van der Waals surface area (Å²) in [5, 5.41) is 3.36. The van der Waals surface area contributed by atoms with Crippen LogP contribution in [0.5, 0.6) is 0 Å². The van der Waals surface area contributed by atoms with E-state index in [-0.39, 0.29) is 19.1 Å². The monoisotopic (exact) mass is 422 g/mol. The largest absolute Gasteiger partial charge is 0.450 e. The Morgan fingerprint density at radius 1 is 1.32 bits per heavy atom. The lowest BCUT2D eigenvalue weighted by Crippen LogP contribution is -2.39. The van der Waals surface area contributed by atoms with Crippen LogP contribution in [0.25, 0.3) is 0 Å². The van der Waals surface area contributed by atoms with E-state index >= 15 is 0 Å². The first kappa shape index (κ1) is 17.8. The Morgan fingerprint density at radius 3 is 2.80 bits per heavy atom. The van der Waals surface area contributed by atoms with Gasteiger partial charge in [-0.05, 0) is 36.8 Å². The van der Waals surface area contributed by atoms with E-state index in [1.807, 2.05) is 30.3 Å². The lowest BCUT2D eigenvalue weighted by molar-refractivity contribution is -0.117. The zero-order chi connectivity index (χ0) is 18.0. The van der Waals surface area contributed by atoms with Gasteiger partial charge in [-0.1, -0.05) is 45.7 Å². The molecule has 5 nitrogen and oxygen atoms in total. The fourth-order valence-corrected chi connectivity index (χ4v) is 3.50. The first-order chi connectivity index (χ1) is 12.0. The zero-order valence-corrected chi connectivity index (χ0v) is 15.8. The number of fused-ring (bicyclic) bond motifs is 1. The molecule has 0 saturated carbocycles. The van der Waals surface area contributed by atoms with Gasteiger partial charge >= 0.3 is 6.09 Å². The van der Waals surface area contributed by atoms with E-state index < -0.39 is 12.1 Å². The molecule has 1 atom stereocenters. The van der Waals surface area contributed by atoms with Gasteiger partial charge < -0.3 is 10.1 Å². The number of benzene rings is 2. The quantitative estimate of drug-likeness (QED) is 0.768. The average Bonchev–Trinajstić information content (AvgIpc) is 2.71. The third-order valence-electron chi connectivity index (χ3n) is 3.91. The van der Waals surface area contributed by atoms with E-state index in [4.69, 9.17) is 16.3 Å². The van der Waals surface area contributed by atoms with Gasteiger partial charge in [-0.15, -0.1) is 0 Å². The average molecular weight is 424 g/mol. The van der Waals surface area contributed by atoms with E-state index in [0.29, 0.717) is 10.7 Å². The van der Waals surface area contributed by atoms with Crippen LogP contribution < -0.4 is 5.32 Å². The molecule has 25 heavy (non-hydrogen) atoms. The lowest BCUT2D eigenvalue weighted by atomic mass is 9.96. The van der Waals surface area contributed by atoms with Gasteiger partial charge in [0.25, 0.3) is 0 Å².